The Balaban J connectivity index is 4.26. The highest BCUT2D eigenvalue weighted by molar-refractivity contribution is 7.85. The molecular formula is C10H21NO5S. The molecule has 6 nitrogen and oxygen atoms in total. The van der Waals surface area contributed by atoms with E-state index in [-0.39, 0.29) is 18.2 Å². The number of hydrogen-bond donors (Lipinski definition) is 1. The number of ether oxygens (including phenoxy) is 1. The van der Waals surface area contributed by atoms with Crippen molar-refractivity contribution in [3.63, 3.8) is 0 Å². The summed E-state index contributed by atoms with van der Waals surface area (Å²) in [5.41, 5.74) is -0.586. The number of hydrogen-bond acceptors (Lipinski definition) is 4. The number of rotatable bonds is 4. The molecule has 1 N–H and O–H groups in total. The molecule has 0 aromatic heterocycles. The summed E-state index contributed by atoms with van der Waals surface area (Å²) < 4.78 is 35.1. The predicted octanol–water partition coefficient (Wildman–Crippen LogP) is 1.38. The normalized spacial score (nSPS) is 14.2. The fraction of sp³-hybridized carbons (Fsp3) is 0.900. The Hall–Kier alpha value is -0.820. The summed E-state index contributed by atoms with van der Waals surface area (Å²) >= 11 is 0. The lowest BCUT2D eigenvalue weighted by molar-refractivity contribution is 0.0280. The average molecular weight is 267 g/mol. The summed E-state index contributed by atoms with van der Waals surface area (Å²) in [5.74, 6) is -0.734. The minimum Gasteiger partial charge on any atom is -0.444 e. The van der Waals surface area contributed by atoms with Crippen molar-refractivity contribution < 1.29 is 22.5 Å². The SMILES string of the molecule is CC(CN(C)C(=O)OC(C)(C)C)CS(=O)(=O)O. The standard InChI is InChI=1S/C10H21NO5S/c1-8(7-17(13,14)15)6-11(5)9(12)16-10(2,3)4/h8H,6-7H2,1-5H3,(H,13,14,15). The molecule has 0 aromatic carbocycles. The third-order valence-electron chi connectivity index (χ3n) is 1.79. The highest BCUT2D eigenvalue weighted by atomic mass is 32.2. The van der Waals surface area contributed by atoms with Gasteiger partial charge >= 0.3 is 6.09 Å². The van der Waals surface area contributed by atoms with Crippen LogP contribution in [0.3, 0.4) is 0 Å². The first-order valence-electron chi connectivity index (χ1n) is 5.30. The molecule has 0 spiro atoms. The summed E-state index contributed by atoms with van der Waals surface area (Å²) in [5, 5.41) is 0. The van der Waals surface area contributed by atoms with Gasteiger partial charge in [-0.05, 0) is 26.7 Å². The maximum absolute atomic E-state index is 11.6. The zero-order chi connectivity index (χ0) is 13.9. The maximum Gasteiger partial charge on any atom is 0.410 e. The van der Waals surface area contributed by atoms with Crippen LogP contribution in [0.2, 0.25) is 0 Å². The van der Waals surface area contributed by atoms with E-state index in [1.54, 1.807) is 27.7 Å². The summed E-state index contributed by atoms with van der Waals surface area (Å²) in [7, 11) is -2.49. The van der Waals surface area contributed by atoms with E-state index in [9.17, 15) is 13.2 Å². The van der Waals surface area contributed by atoms with Crippen LogP contribution < -0.4 is 0 Å². The van der Waals surface area contributed by atoms with E-state index in [2.05, 4.69) is 0 Å². The molecule has 17 heavy (non-hydrogen) atoms. The molecule has 7 heteroatoms. The Morgan fingerprint density at radius 3 is 2.24 bits per heavy atom. The van der Waals surface area contributed by atoms with Crippen molar-refractivity contribution in [3.05, 3.63) is 0 Å². The van der Waals surface area contributed by atoms with E-state index in [1.807, 2.05) is 0 Å². The second-order valence-corrected chi connectivity index (χ2v) is 6.71. The minimum atomic E-state index is -4.01. The van der Waals surface area contributed by atoms with Gasteiger partial charge in [0.1, 0.15) is 5.60 Å². The molecule has 0 aliphatic rings. The van der Waals surface area contributed by atoms with Gasteiger partial charge in [-0.15, -0.1) is 0 Å². The first-order chi connectivity index (χ1) is 7.41. The van der Waals surface area contributed by atoms with Crippen LogP contribution in [0.4, 0.5) is 4.79 Å². The van der Waals surface area contributed by atoms with Crippen molar-refractivity contribution in [2.45, 2.75) is 33.3 Å². The maximum atomic E-state index is 11.6. The van der Waals surface area contributed by atoms with E-state index in [1.165, 1.54) is 11.9 Å². The van der Waals surface area contributed by atoms with Gasteiger partial charge in [-0.2, -0.15) is 8.42 Å². The molecule has 0 aliphatic heterocycles. The molecule has 1 amide bonds. The van der Waals surface area contributed by atoms with E-state index in [4.69, 9.17) is 9.29 Å². The van der Waals surface area contributed by atoms with E-state index < -0.39 is 21.8 Å². The number of amides is 1. The Morgan fingerprint density at radius 1 is 1.41 bits per heavy atom. The Bertz CT molecular complexity index is 357. The van der Waals surface area contributed by atoms with E-state index in [0.717, 1.165) is 0 Å². The van der Waals surface area contributed by atoms with Crippen LogP contribution in [-0.2, 0) is 14.9 Å². The molecule has 1 unspecified atom stereocenters. The lowest BCUT2D eigenvalue weighted by Gasteiger charge is -2.26. The Morgan fingerprint density at radius 2 is 1.88 bits per heavy atom. The van der Waals surface area contributed by atoms with E-state index >= 15 is 0 Å². The molecule has 0 radical (unpaired) electrons. The fourth-order valence-corrected chi connectivity index (χ4v) is 2.12. The van der Waals surface area contributed by atoms with Crippen molar-refractivity contribution in [1.29, 1.82) is 0 Å². The lowest BCUT2D eigenvalue weighted by atomic mass is 10.2. The van der Waals surface area contributed by atoms with Gasteiger partial charge < -0.3 is 9.64 Å². The van der Waals surface area contributed by atoms with Gasteiger partial charge in [0.15, 0.2) is 0 Å². The molecule has 0 saturated heterocycles. The third-order valence-corrected chi connectivity index (χ3v) is 2.78. The van der Waals surface area contributed by atoms with Crippen LogP contribution in [0.25, 0.3) is 0 Å². The van der Waals surface area contributed by atoms with Gasteiger partial charge in [0.25, 0.3) is 10.1 Å². The molecule has 0 aliphatic carbocycles. The molecule has 0 bridgehead atoms. The summed E-state index contributed by atoms with van der Waals surface area (Å²) in [6.07, 6.45) is -0.514. The molecule has 0 rings (SSSR count). The van der Waals surface area contributed by atoms with Crippen LogP contribution in [0, 0.1) is 5.92 Å². The molecule has 0 fully saturated rings. The van der Waals surface area contributed by atoms with Crippen LogP contribution >= 0.6 is 0 Å². The lowest BCUT2D eigenvalue weighted by Crippen LogP contribution is -2.37. The second kappa shape index (κ2) is 5.68. The Kier molecular flexibility index (Phi) is 5.41. The summed E-state index contributed by atoms with van der Waals surface area (Å²) in [6, 6.07) is 0. The molecule has 1 atom stereocenters. The first-order valence-corrected chi connectivity index (χ1v) is 6.91. The highest BCUT2D eigenvalue weighted by Gasteiger charge is 2.22. The number of carbonyl (C=O) groups is 1. The van der Waals surface area contributed by atoms with Crippen molar-refractivity contribution in [2.24, 2.45) is 5.92 Å². The number of nitrogens with zero attached hydrogens (tertiary/aromatic N) is 1. The van der Waals surface area contributed by atoms with Gasteiger partial charge in [-0.3, -0.25) is 4.55 Å². The summed E-state index contributed by atoms with van der Waals surface area (Å²) in [4.78, 5) is 12.8. The molecule has 0 aromatic rings. The van der Waals surface area contributed by atoms with Crippen molar-refractivity contribution in [1.82, 2.24) is 4.90 Å². The first kappa shape index (κ1) is 16.2. The predicted molar refractivity (Wildman–Crippen MR) is 64.4 cm³/mol. The van der Waals surface area contributed by atoms with Crippen LogP contribution in [-0.4, -0.2) is 48.9 Å². The molecular weight excluding hydrogens is 246 g/mol. The Labute approximate surface area is 103 Å². The van der Waals surface area contributed by atoms with Gasteiger partial charge in [0.05, 0.1) is 5.75 Å². The van der Waals surface area contributed by atoms with Crippen LogP contribution in [0.15, 0.2) is 0 Å². The number of carbonyl (C=O) groups excluding carboxylic acids is 1. The van der Waals surface area contributed by atoms with E-state index in [0.29, 0.717) is 0 Å². The van der Waals surface area contributed by atoms with Gasteiger partial charge in [-0.1, -0.05) is 6.92 Å². The largest absolute Gasteiger partial charge is 0.444 e. The van der Waals surface area contributed by atoms with Gasteiger partial charge in [0.2, 0.25) is 0 Å². The molecule has 102 valence electrons. The van der Waals surface area contributed by atoms with Crippen molar-refractivity contribution in [3.8, 4) is 0 Å². The highest BCUT2D eigenvalue weighted by Crippen LogP contribution is 2.10. The van der Waals surface area contributed by atoms with Crippen LogP contribution in [0.5, 0.6) is 0 Å². The zero-order valence-electron chi connectivity index (χ0n) is 10.9. The average Bonchev–Trinajstić information content (AvgIpc) is 1.95. The molecule has 0 heterocycles. The minimum absolute atomic E-state index is 0.203. The van der Waals surface area contributed by atoms with Gasteiger partial charge in [-0.25, -0.2) is 4.79 Å². The van der Waals surface area contributed by atoms with Gasteiger partial charge in [0, 0.05) is 13.6 Å². The fourth-order valence-electron chi connectivity index (χ4n) is 1.29. The second-order valence-electron chi connectivity index (χ2n) is 5.21. The topological polar surface area (TPSA) is 83.9 Å². The quantitative estimate of drug-likeness (QED) is 0.778. The monoisotopic (exact) mass is 267 g/mol. The summed E-state index contributed by atoms with van der Waals surface area (Å²) in [6.45, 7) is 7.09. The van der Waals surface area contributed by atoms with Crippen molar-refractivity contribution >= 4 is 16.2 Å². The third kappa shape index (κ3) is 8.93. The zero-order valence-corrected chi connectivity index (χ0v) is 11.7. The van der Waals surface area contributed by atoms with Crippen molar-refractivity contribution in [2.75, 3.05) is 19.3 Å². The molecule has 0 saturated carbocycles. The van der Waals surface area contributed by atoms with Crippen LogP contribution in [0.1, 0.15) is 27.7 Å². The smallest absolute Gasteiger partial charge is 0.410 e.